The fourth-order valence-electron chi connectivity index (χ4n) is 3.59. The predicted molar refractivity (Wildman–Crippen MR) is 118 cm³/mol. The number of carbonyl (C=O) groups is 2. The van der Waals surface area contributed by atoms with Crippen molar-refractivity contribution < 1.29 is 19.1 Å². The van der Waals surface area contributed by atoms with Gasteiger partial charge in [0.2, 0.25) is 0 Å². The van der Waals surface area contributed by atoms with Crippen LogP contribution in [-0.4, -0.2) is 43.7 Å². The third-order valence-electron chi connectivity index (χ3n) is 4.90. The Morgan fingerprint density at radius 2 is 1.71 bits per heavy atom. The summed E-state index contributed by atoms with van der Waals surface area (Å²) in [6.07, 6.45) is 0. The van der Waals surface area contributed by atoms with Gasteiger partial charge < -0.3 is 20.1 Å². The standard InChI is InChI=1S/C24H29N3O4/c1-4-30-19-13-11-18(12-14-19)22-21(23(28)31-5-2)20(25-24(29)26-22)16-27(3)15-17-9-7-6-8-10-17/h6-14,22H,4-5,15-16H2,1-3H3,(H2,25,26,29)/t22-/m0/s1. The summed E-state index contributed by atoms with van der Waals surface area (Å²) in [6, 6.07) is 16.4. The van der Waals surface area contributed by atoms with Crippen molar-refractivity contribution >= 4 is 12.0 Å². The average Bonchev–Trinajstić information content (AvgIpc) is 2.75. The van der Waals surface area contributed by atoms with Crippen LogP contribution in [0.5, 0.6) is 5.75 Å². The van der Waals surface area contributed by atoms with E-state index in [-0.39, 0.29) is 12.6 Å². The van der Waals surface area contributed by atoms with Crippen molar-refractivity contribution in [2.75, 3.05) is 26.8 Å². The van der Waals surface area contributed by atoms with Gasteiger partial charge in [-0.2, -0.15) is 0 Å². The first-order valence-corrected chi connectivity index (χ1v) is 10.4. The molecule has 1 aliphatic rings. The van der Waals surface area contributed by atoms with Gasteiger partial charge >= 0.3 is 12.0 Å². The quantitative estimate of drug-likeness (QED) is 0.605. The lowest BCUT2D eigenvalue weighted by Crippen LogP contribution is -2.48. The largest absolute Gasteiger partial charge is 0.494 e. The number of carbonyl (C=O) groups excluding carboxylic acids is 2. The van der Waals surface area contributed by atoms with E-state index in [1.54, 1.807) is 6.92 Å². The summed E-state index contributed by atoms with van der Waals surface area (Å²) in [7, 11) is 1.95. The molecule has 2 aromatic carbocycles. The number of hydrogen-bond donors (Lipinski definition) is 2. The molecule has 0 saturated carbocycles. The van der Waals surface area contributed by atoms with Gasteiger partial charge in [-0.05, 0) is 44.2 Å². The Bertz CT molecular complexity index is 926. The molecule has 7 nitrogen and oxygen atoms in total. The van der Waals surface area contributed by atoms with Crippen molar-refractivity contribution in [3.05, 3.63) is 77.0 Å². The van der Waals surface area contributed by atoms with E-state index in [0.29, 0.717) is 31.0 Å². The SMILES string of the molecule is CCOC(=O)C1=C(CN(C)Cc2ccccc2)NC(=O)N[C@H]1c1ccc(OCC)cc1. The lowest BCUT2D eigenvalue weighted by Gasteiger charge is -2.31. The van der Waals surface area contributed by atoms with Crippen molar-refractivity contribution in [3.8, 4) is 5.75 Å². The Hall–Kier alpha value is -3.32. The summed E-state index contributed by atoms with van der Waals surface area (Å²) in [5.41, 5.74) is 2.88. The molecule has 0 spiro atoms. The van der Waals surface area contributed by atoms with Crippen LogP contribution in [0.4, 0.5) is 4.79 Å². The van der Waals surface area contributed by atoms with E-state index in [9.17, 15) is 9.59 Å². The summed E-state index contributed by atoms with van der Waals surface area (Å²) in [4.78, 5) is 27.4. The Morgan fingerprint density at radius 3 is 2.35 bits per heavy atom. The molecule has 0 unspecified atom stereocenters. The highest BCUT2D eigenvalue weighted by atomic mass is 16.5. The molecular weight excluding hydrogens is 394 g/mol. The molecule has 31 heavy (non-hydrogen) atoms. The average molecular weight is 424 g/mol. The van der Waals surface area contributed by atoms with E-state index in [1.807, 2.05) is 73.5 Å². The van der Waals surface area contributed by atoms with Gasteiger partial charge in [-0.3, -0.25) is 4.90 Å². The summed E-state index contributed by atoms with van der Waals surface area (Å²) in [6.45, 7) is 5.57. The molecule has 0 bridgehead atoms. The van der Waals surface area contributed by atoms with Crippen molar-refractivity contribution in [3.63, 3.8) is 0 Å². The summed E-state index contributed by atoms with van der Waals surface area (Å²) in [5.74, 6) is 0.285. The van der Waals surface area contributed by atoms with E-state index in [2.05, 4.69) is 10.6 Å². The maximum Gasteiger partial charge on any atom is 0.338 e. The van der Waals surface area contributed by atoms with Crippen molar-refractivity contribution in [1.29, 1.82) is 0 Å². The third kappa shape index (κ3) is 5.86. The van der Waals surface area contributed by atoms with E-state index in [0.717, 1.165) is 16.9 Å². The highest BCUT2D eigenvalue weighted by Gasteiger charge is 2.34. The second-order valence-electron chi connectivity index (χ2n) is 7.30. The number of ether oxygens (including phenoxy) is 2. The summed E-state index contributed by atoms with van der Waals surface area (Å²) in [5, 5.41) is 5.67. The van der Waals surface area contributed by atoms with E-state index < -0.39 is 12.0 Å². The zero-order valence-corrected chi connectivity index (χ0v) is 18.2. The molecular formula is C24H29N3O4. The van der Waals surface area contributed by atoms with Crippen LogP contribution < -0.4 is 15.4 Å². The Labute approximate surface area is 183 Å². The monoisotopic (exact) mass is 423 g/mol. The molecule has 2 amide bonds. The van der Waals surface area contributed by atoms with Crippen LogP contribution in [0.15, 0.2) is 65.9 Å². The van der Waals surface area contributed by atoms with E-state index >= 15 is 0 Å². The number of urea groups is 1. The topological polar surface area (TPSA) is 79.9 Å². The van der Waals surface area contributed by atoms with Crippen molar-refractivity contribution in [1.82, 2.24) is 15.5 Å². The van der Waals surface area contributed by atoms with Gasteiger partial charge in [0.1, 0.15) is 5.75 Å². The number of amides is 2. The van der Waals surface area contributed by atoms with Gasteiger partial charge in [0.05, 0.1) is 24.8 Å². The third-order valence-corrected chi connectivity index (χ3v) is 4.90. The first-order valence-electron chi connectivity index (χ1n) is 10.4. The van der Waals surface area contributed by atoms with Gasteiger partial charge in [-0.25, -0.2) is 9.59 Å². The van der Waals surface area contributed by atoms with Gasteiger partial charge in [-0.15, -0.1) is 0 Å². The Morgan fingerprint density at radius 1 is 1.00 bits per heavy atom. The number of rotatable bonds is 9. The van der Waals surface area contributed by atoms with Crippen molar-refractivity contribution in [2.45, 2.75) is 26.4 Å². The van der Waals surface area contributed by atoms with Gasteiger partial charge in [-0.1, -0.05) is 42.5 Å². The Balaban J connectivity index is 1.91. The maximum atomic E-state index is 12.9. The molecule has 3 rings (SSSR count). The zero-order valence-electron chi connectivity index (χ0n) is 18.2. The van der Waals surface area contributed by atoms with E-state index in [4.69, 9.17) is 9.47 Å². The van der Waals surface area contributed by atoms with Crippen molar-refractivity contribution in [2.24, 2.45) is 0 Å². The van der Waals surface area contributed by atoms with Crippen LogP contribution >= 0.6 is 0 Å². The molecule has 0 aliphatic carbocycles. The highest BCUT2D eigenvalue weighted by Crippen LogP contribution is 2.29. The summed E-state index contributed by atoms with van der Waals surface area (Å²) >= 11 is 0. The minimum atomic E-state index is -0.608. The smallest absolute Gasteiger partial charge is 0.338 e. The number of likely N-dealkylation sites (N-methyl/N-ethyl adjacent to an activating group) is 1. The van der Waals surface area contributed by atoms with Crippen LogP contribution in [0.1, 0.15) is 31.0 Å². The first kappa shape index (κ1) is 22.4. The first-order chi connectivity index (χ1) is 15.0. The van der Waals surface area contributed by atoms with Crippen LogP contribution in [0.2, 0.25) is 0 Å². The summed E-state index contributed by atoms with van der Waals surface area (Å²) < 4.78 is 10.8. The fraction of sp³-hybridized carbons (Fsp3) is 0.333. The zero-order chi connectivity index (χ0) is 22.2. The Kier molecular flexibility index (Phi) is 7.67. The molecule has 1 heterocycles. The molecule has 0 fully saturated rings. The molecule has 1 aliphatic heterocycles. The highest BCUT2D eigenvalue weighted by molar-refractivity contribution is 5.95. The van der Waals surface area contributed by atoms with Gasteiger partial charge in [0.25, 0.3) is 0 Å². The molecule has 0 saturated heterocycles. The van der Waals surface area contributed by atoms with E-state index in [1.165, 1.54) is 0 Å². The second kappa shape index (κ2) is 10.6. The lowest BCUT2D eigenvalue weighted by atomic mass is 9.95. The maximum absolute atomic E-state index is 12.9. The van der Waals surface area contributed by atoms with Crippen LogP contribution in [0.3, 0.4) is 0 Å². The molecule has 164 valence electrons. The molecule has 0 radical (unpaired) electrons. The number of esters is 1. The minimum absolute atomic E-state index is 0.249. The van der Waals surface area contributed by atoms with Gasteiger partial charge in [0, 0.05) is 18.8 Å². The molecule has 1 atom stereocenters. The normalized spacial score (nSPS) is 16.0. The van der Waals surface area contributed by atoms with Crippen LogP contribution in [-0.2, 0) is 16.1 Å². The minimum Gasteiger partial charge on any atom is -0.494 e. The second-order valence-corrected chi connectivity index (χ2v) is 7.30. The molecule has 2 N–H and O–H groups in total. The number of hydrogen-bond acceptors (Lipinski definition) is 5. The molecule has 0 aromatic heterocycles. The number of nitrogens with zero attached hydrogens (tertiary/aromatic N) is 1. The predicted octanol–water partition coefficient (Wildman–Crippen LogP) is 3.39. The molecule has 7 heteroatoms. The van der Waals surface area contributed by atoms with Crippen LogP contribution in [0, 0.1) is 0 Å². The number of nitrogens with one attached hydrogen (secondary N) is 2. The van der Waals surface area contributed by atoms with Gasteiger partial charge in [0.15, 0.2) is 0 Å². The lowest BCUT2D eigenvalue weighted by molar-refractivity contribution is -0.139. The number of benzene rings is 2. The molecule has 2 aromatic rings. The fourth-order valence-corrected chi connectivity index (χ4v) is 3.59. The van der Waals surface area contributed by atoms with Crippen LogP contribution in [0.25, 0.3) is 0 Å².